The molecule has 9 atom stereocenters. The van der Waals surface area contributed by atoms with Crippen molar-refractivity contribution < 1.29 is 82.0 Å². The summed E-state index contributed by atoms with van der Waals surface area (Å²) < 4.78 is 49.3. The number of aliphatic hydroxyl groups excluding tert-OH is 5. The topological polar surface area (TPSA) is 276 Å². The minimum atomic E-state index is -5.39. The van der Waals surface area contributed by atoms with E-state index in [-0.39, 0.29) is 25.7 Å². The lowest BCUT2D eigenvalue weighted by Gasteiger charge is -2.43. The number of esters is 2. The van der Waals surface area contributed by atoms with Crippen LogP contribution in [0.5, 0.6) is 0 Å². The number of carbonyl (C=O) groups excluding carboxylic acids is 2. The van der Waals surface area contributed by atoms with Gasteiger partial charge in [0.1, 0.15) is 43.2 Å². The van der Waals surface area contributed by atoms with E-state index < -0.39 is 89.6 Å². The van der Waals surface area contributed by atoms with Crippen molar-refractivity contribution >= 4 is 27.6 Å². The Hall–Kier alpha value is -2.86. The molecule has 408 valence electrons. The fourth-order valence-electron chi connectivity index (χ4n) is 7.25. The first-order valence-electron chi connectivity index (χ1n) is 25.7. The Bertz CT molecular complexity index is 1710. The predicted octanol–water partition coefficient (Wildman–Crippen LogP) is 9.54. The maximum Gasteiger partial charge on any atom is 0.472 e. The first kappa shape index (κ1) is 66.2. The second kappa shape index (κ2) is 41.5. The number of hydrogen-bond donors (Lipinski definition) is 8. The van der Waals surface area contributed by atoms with Gasteiger partial charge in [0.2, 0.25) is 0 Å². The van der Waals surface area contributed by atoms with E-state index in [2.05, 4.69) is 79.1 Å². The van der Waals surface area contributed by atoms with Gasteiger partial charge in [-0.3, -0.25) is 23.2 Å². The minimum absolute atomic E-state index is 0.0613. The van der Waals surface area contributed by atoms with Crippen LogP contribution in [-0.4, -0.2) is 114 Å². The zero-order valence-electron chi connectivity index (χ0n) is 42.2. The molecule has 1 aliphatic rings. The van der Waals surface area contributed by atoms with Gasteiger partial charge in [-0.15, -0.1) is 0 Å². The molecule has 17 nitrogen and oxygen atoms in total. The summed E-state index contributed by atoms with van der Waals surface area (Å²) in [6.45, 7) is 2.90. The van der Waals surface area contributed by atoms with E-state index in [1.54, 1.807) is 12.2 Å². The summed E-state index contributed by atoms with van der Waals surface area (Å²) in [4.78, 5) is 54.4. The zero-order valence-corrected chi connectivity index (χ0v) is 44.0. The minimum Gasteiger partial charge on any atom is -0.462 e. The van der Waals surface area contributed by atoms with Gasteiger partial charge in [-0.2, -0.15) is 0 Å². The SMILES string of the molecule is CCCCC/C=C\C/C=C\C/C=C\C=C\[C@H](O)CCCC(=O)O[C@H](COC(=O)CCCCCCCC/C=C\C/C=C\C/C=C\CCCCCC)COP(=O)(O)O[C@H]1C(O)C(O)C(O)[C@@H](OP(=O)(O)O)C1O. The molecule has 0 heterocycles. The first-order chi connectivity index (χ1) is 34.0. The number of allylic oxidation sites excluding steroid dienone is 13. The number of phosphoric acid groups is 2. The molecular weight excluding hydrogens is 959 g/mol. The number of carbonyl (C=O) groups is 2. The molecule has 0 amide bonds. The lowest BCUT2D eigenvalue weighted by Crippen LogP contribution is -2.64. The summed E-state index contributed by atoms with van der Waals surface area (Å²) in [5.41, 5.74) is 0. The second-order valence-electron chi connectivity index (χ2n) is 17.7. The molecule has 0 aromatic rings. The molecule has 0 radical (unpaired) electrons. The van der Waals surface area contributed by atoms with Crippen molar-refractivity contribution in [3.05, 3.63) is 85.1 Å². The predicted molar refractivity (Wildman–Crippen MR) is 275 cm³/mol. The summed E-state index contributed by atoms with van der Waals surface area (Å²) in [5.74, 6) is -1.43. The van der Waals surface area contributed by atoms with Crippen molar-refractivity contribution in [3.63, 3.8) is 0 Å². The van der Waals surface area contributed by atoms with Crippen LogP contribution in [0.25, 0.3) is 0 Å². The number of aliphatic hydroxyl groups is 5. The molecule has 71 heavy (non-hydrogen) atoms. The van der Waals surface area contributed by atoms with Gasteiger partial charge >= 0.3 is 27.6 Å². The lowest BCUT2D eigenvalue weighted by molar-refractivity contribution is -0.216. The number of hydrogen-bond acceptors (Lipinski definition) is 14. The highest BCUT2D eigenvalue weighted by molar-refractivity contribution is 7.47. The number of phosphoric ester groups is 2. The van der Waals surface area contributed by atoms with E-state index in [9.17, 15) is 58.9 Å². The third kappa shape index (κ3) is 35.9. The Balaban J connectivity index is 2.64. The molecular formula is C52H88O17P2. The summed E-state index contributed by atoms with van der Waals surface area (Å²) in [5, 5.41) is 51.7. The standard InChI is InChI=1S/C52H88O17P2/c1-3-5-7-9-11-13-15-17-18-19-20-21-22-23-25-27-29-31-33-35-39-45(54)65-41-44(42-66-71(63,64)69-52-49(58)47(56)48(57)51(50(52)59)68-70(60,61)62)67-46(55)40-36-38-43(53)37-34-32-30-28-26-24-16-14-12-10-8-6-4-2/h12-15,18-19,21-22,24,26,30,32,34,37,43-44,47-53,56-59H,3-11,16-17,20,23,25,27-29,31,33,35-36,38-42H2,1-2H3,(H,63,64)(H2,60,61,62)/b14-12-,15-13-,19-18-,22-21-,26-24-,32-30-,37-34+/t43-,44+,47?,48?,49?,50?,51+,52-/m0/s1. The van der Waals surface area contributed by atoms with E-state index >= 15 is 0 Å². The van der Waals surface area contributed by atoms with E-state index in [4.69, 9.17) is 18.5 Å². The van der Waals surface area contributed by atoms with Gasteiger partial charge in [0.25, 0.3) is 0 Å². The molecule has 1 aliphatic carbocycles. The van der Waals surface area contributed by atoms with Crippen molar-refractivity contribution in [2.75, 3.05) is 13.2 Å². The highest BCUT2D eigenvalue weighted by Crippen LogP contribution is 2.49. The van der Waals surface area contributed by atoms with Crippen LogP contribution in [0.4, 0.5) is 0 Å². The van der Waals surface area contributed by atoms with Gasteiger partial charge in [0.15, 0.2) is 6.10 Å². The Kier molecular flexibility index (Phi) is 38.7. The molecule has 0 spiro atoms. The molecule has 1 fully saturated rings. The smallest absolute Gasteiger partial charge is 0.462 e. The Morgan fingerprint density at radius 3 is 1.55 bits per heavy atom. The fourth-order valence-corrected chi connectivity index (χ4v) is 8.79. The van der Waals surface area contributed by atoms with Gasteiger partial charge in [-0.05, 0) is 83.5 Å². The maximum atomic E-state index is 13.0. The van der Waals surface area contributed by atoms with Crippen LogP contribution in [0.3, 0.4) is 0 Å². The van der Waals surface area contributed by atoms with Crippen LogP contribution < -0.4 is 0 Å². The van der Waals surface area contributed by atoms with Crippen molar-refractivity contribution in [1.29, 1.82) is 0 Å². The van der Waals surface area contributed by atoms with Gasteiger partial charge in [0.05, 0.1) is 12.7 Å². The van der Waals surface area contributed by atoms with Crippen LogP contribution in [-0.2, 0) is 41.8 Å². The Morgan fingerprint density at radius 1 is 0.521 bits per heavy atom. The molecule has 8 N–H and O–H groups in total. The van der Waals surface area contributed by atoms with Crippen LogP contribution in [0.2, 0.25) is 0 Å². The van der Waals surface area contributed by atoms with Gasteiger partial charge < -0.3 is 49.7 Å². The van der Waals surface area contributed by atoms with Gasteiger partial charge in [-0.1, -0.05) is 157 Å². The normalized spacial score (nSPS) is 22.0. The lowest BCUT2D eigenvalue weighted by atomic mass is 9.85. The van der Waals surface area contributed by atoms with Crippen molar-refractivity contribution in [2.45, 2.75) is 217 Å². The molecule has 0 aromatic carbocycles. The highest BCUT2D eigenvalue weighted by Gasteiger charge is 2.54. The molecule has 1 saturated carbocycles. The second-order valence-corrected chi connectivity index (χ2v) is 20.3. The van der Waals surface area contributed by atoms with E-state index in [0.717, 1.165) is 77.0 Å². The highest BCUT2D eigenvalue weighted by atomic mass is 31.2. The van der Waals surface area contributed by atoms with Crippen LogP contribution in [0.15, 0.2) is 85.1 Å². The molecule has 0 saturated heterocycles. The molecule has 0 bridgehead atoms. The molecule has 19 heteroatoms. The number of ether oxygens (including phenoxy) is 2. The monoisotopic (exact) mass is 1050 g/mol. The number of rotatable bonds is 42. The average molecular weight is 1050 g/mol. The molecule has 0 aromatic heterocycles. The molecule has 1 rings (SSSR count). The summed E-state index contributed by atoms with van der Waals surface area (Å²) in [6, 6.07) is 0. The van der Waals surface area contributed by atoms with Crippen molar-refractivity contribution in [3.8, 4) is 0 Å². The fraction of sp³-hybridized carbons (Fsp3) is 0.692. The molecule has 0 aliphatic heterocycles. The van der Waals surface area contributed by atoms with Crippen LogP contribution >= 0.6 is 15.6 Å². The van der Waals surface area contributed by atoms with Crippen LogP contribution in [0.1, 0.15) is 168 Å². The maximum absolute atomic E-state index is 13.0. The van der Waals surface area contributed by atoms with Crippen LogP contribution in [0, 0.1) is 0 Å². The third-order valence-corrected chi connectivity index (χ3v) is 12.8. The van der Waals surface area contributed by atoms with Gasteiger partial charge in [0, 0.05) is 12.8 Å². The average Bonchev–Trinajstić information content (AvgIpc) is 3.32. The summed E-state index contributed by atoms with van der Waals surface area (Å²) in [7, 11) is -10.8. The zero-order chi connectivity index (χ0) is 52.6. The third-order valence-electron chi connectivity index (χ3n) is 11.3. The summed E-state index contributed by atoms with van der Waals surface area (Å²) >= 11 is 0. The van der Waals surface area contributed by atoms with Gasteiger partial charge in [-0.25, -0.2) is 9.13 Å². The Morgan fingerprint density at radius 2 is 0.986 bits per heavy atom. The largest absolute Gasteiger partial charge is 0.472 e. The molecule has 5 unspecified atom stereocenters. The van der Waals surface area contributed by atoms with Crippen molar-refractivity contribution in [2.24, 2.45) is 0 Å². The van der Waals surface area contributed by atoms with Crippen molar-refractivity contribution in [1.82, 2.24) is 0 Å². The van der Waals surface area contributed by atoms with E-state index in [1.165, 1.54) is 44.9 Å². The quantitative estimate of drug-likeness (QED) is 0.00929. The number of unbranched alkanes of at least 4 members (excludes halogenated alkanes) is 13. The van der Waals surface area contributed by atoms with E-state index in [1.807, 2.05) is 12.2 Å². The Labute approximate surface area is 423 Å². The summed E-state index contributed by atoms with van der Waals surface area (Å²) in [6.07, 6.45) is 34.0. The van der Waals surface area contributed by atoms with E-state index in [0.29, 0.717) is 6.42 Å². The first-order valence-corrected chi connectivity index (χ1v) is 28.8.